The van der Waals surface area contributed by atoms with Gasteiger partial charge in [0.2, 0.25) is 0 Å². The lowest BCUT2D eigenvalue weighted by atomic mass is 9.92. The minimum Gasteiger partial charge on any atom is -0.462 e. The molecular weight excluding hydrogens is 210 g/mol. The maximum atomic E-state index is 11.8. The van der Waals surface area contributed by atoms with E-state index in [0.717, 1.165) is 19.4 Å². The topological polar surface area (TPSA) is 70.8 Å². The summed E-state index contributed by atoms with van der Waals surface area (Å²) < 4.78 is 15.8. The van der Waals surface area contributed by atoms with Gasteiger partial charge in [-0.3, -0.25) is 4.79 Å². The first kappa shape index (κ1) is 11.8. The molecule has 2 rings (SSSR count). The van der Waals surface area contributed by atoms with Gasteiger partial charge in [-0.15, -0.1) is 0 Å². The smallest absolute Gasteiger partial charge is 0.326 e. The highest BCUT2D eigenvalue weighted by atomic mass is 16.6. The van der Waals surface area contributed by atoms with E-state index < -0.39 is 5.54 Å². The van der Waals surface area contributed by atoms with Gasteiger partial charge in [0, 0.05) is 19.8 Å². The van der Waals surface area contributed by atoms with E-state index in [2.05, 4.69) is 0 Å². The van der Waals surface area contributed by atoms with E-state index in [9.17, 15) is 4.79 Å². The number of ether oxygens (including phenoxy) is 3. The van der Waals surface area contributed by atoms with Crippen LogP contribution in [0.5, 0.6) is 0 Å². The molecule has 2 heterocycles. The van der Waals surface area contributed by atoms with Crippen molar-refractivity contribution in [2.75, 3.05) is 26.4 Å². The highest BCUT2D eigenvalue weighted by Crippen LogP contribution is 2.20. The second-order valence-electron chi connectivity index (χ2n) is 4.50. The van der Waals surface area contributed by atoms with E-state index in [-0.39, 0.29) is 12.1 Å². The Morgan fingerprint density at radius 2 is 2.12 bits per heavy atom. The zero-order valence-electron chi connectivity index (χ0n) is 9.44. The summed E-state index contributed by atoms with van der Waals surface area (Å²) in [5, 5.41) is 0. The van der Waals surface area contributed by atoms with E-state index in [1.807, 2.05) is 0 Å². The van der Waals surface area contributed by atoms with Crippen LogP contribution in [-0.4, -0.2) is 44.0 Å². The molecule has 0 aliphatic carbocycles. The average molecular weight is 229 g/mol. The van der Waals surface area contributed by atoms with E-state index >= 15 is 0 Å². The Morgan fingerprint density at radius 3 is 2.75 bits per heavy atom. The summed E-state index contributed by atoms with van der Waals surface area (Å²) in [6.07, 6.45) is 3.15. The number of hydrogen-bond acceptors (Lipinski definition) is 5. The Hall–Kier alpha value is -0.650. The lowest BCUT2D eigenvalue weighted by molar-refractivity contribution is -0.157. The Morgan fingerprint density at radius 1 is 1.38 bits per heavy atom. The Kier molecular flexibility index (Phi) is 3.78. The van der Waals surface area contributed by atoms with Crippen LogP contribution in [0.15, 0.2) is 0 Å². The molecule has 1 unspecified atom stereocenters. The highest BCUT2D eigenvalue weighted by Gasteiger charge is 2.37. The number of rotatable bonds is 3. The lowest BCUT2D eigenvalue weighted by Gasteiger charge is -2.31. The largest absolute Gasteiger partial charge is 0.462 e. The van der Waals surface area contributed by atoms with Gasteiger partial charge >= 0.3 is 5.97 Å². The Bertz CT molecular complexity index is 244. The second-order valence-corrected chi connectivity index (χ2v) is 4.50. The van der Waals surface area contributed by atoms with Crippen molar-refractivity contribution < 1.29 is 19.0 Å². The maximum Gasteiger partial charge on any atom is 0.326 e. The summed E-state index contributed by atoms with van der Waals surface area (Å²) in [5.41, 5.74) is 5.14. The molecule has 0 spiro atoms. The predicted molar refractivity (Wildman–Crippen MR) is 56.9 cm³/mol. The molecule has 0 radical (unpaired) electrons. The molecule has 5 nitrogen and oxygen atoms in total. The van der Waals surface area contributed by atoms with Gasteiger partial charge in [0.1, 0.15) is 12.1 Å². The Labute approximate surface area is 95.2 Å². The molecule has 0 bridgehead atoms. The van der Waals surface area contributed by atoms with Crippen LogP contribution in [0, 0.1) is 0 Å². The van der Waals surface area contributed by atoms with Gasteiger partial charge in [0.25, 0.3) is 0 Å². The van der Waals surface area contributed by atoms with Crippen LogP contribution in [0.1, 0.15) is 25.7 Å². The first-order valence-electron chi connectivity index (χ1n) is 5.86. The fourth-order valence-corrected chi connectivity index (χ4v) is 2.03. The summed E-state index contributed by atoms with van der Waals surface area (Å²) in [6.45, 7) is 2.17. The minimum atomic E-state index is -0.850. The minimum absolute atomic E-state index is 0.0624. The molecule has 2 fully saturated rings. The van der Waals surface area contributed by atoms with Crippen molar-refractivity contribution in [3.05, 3.63) is 0 Å². The fraction of sp³-hybridized carbons (Fsp3) is 0.909. The molecule has 0 aromatic carbocycles. The van der Waals surface area contributed by atoms with Gasteiger partial charge < -0.3 is 19.9 Å². The summed E-state index contributed by atoms with van der Waals surface area (Å²) in [5.74, 6) is -0.314. The van der Waals surface area contributed by atoms with Gasteiger partial charge in [-0.25, -0.2) is 0 Å². The lowest BCUT2D eigenvalue weighted by Crippen LogP contribution is -2.53. The van der Waals surface area contributed by atoms with E-state index in [1.165, 1.54) is 0 Å². The molecule has 0 amide bonds. The van der Waals surface area contributed by atoms with Gasteiger partial charge in [-0.05, 0) is 25.7 Å². The number of carbonyl (C=O) groups is 1. The standard InChI is InChI=1S/C11H19NO4/c12-11(3-6-14-7-4-11)10(13)16-8-9-2-1-5-15-9/h9H,1-8,12H2. The molecule has 0 aromatic rings. The van der Waals surface area contributed by atoms with E-state index in [1.54, 1.807) is 0 Å². The van der Waals surface area contributed by atoms with Crippen molar-refractivity contribution in [3.8, 4) is 0 Å². The molecule has 2 aliphatic rings. The molecule has 5 heteroatoms. The predicted octanol–water partition coefficient (Wildman–Crippen LogP) is 0.216. The van der Waals surface area contributed by atoms with Crippen LogP contribution in [-0.2, 0) is 19.0 Å². The van der Waals surface area contributed by atoms with Gasteiger partial charge in [-0.1, -0.05) is 0 Å². The number of hydrogen-bond donors (Lipinski definition) is 1. The molecule has 2 saturated heterocycles. The van der Waals surface area contributed by atoms with Crippen molar-refractivity contribution in [1.82, 2.24) is 0 Å². The summed E-state index contributed by atoms with van der Waals surface area (Å²) in [6, 6.07) is 0. The van der Waals surface area contributed by atoms with Gasteiger partial charge in [0.05, 0.1) is 6.10 Å². The molecule has 2 aliphatic heterocycles. The summed E-state index contributed by atoms with van der Waals surface area (Å²) in [7, 11) is 0. The zero-order chi connectivity index (χ0) is 11.4. The van der Waals surface area contributed by atoms with Crippen LogP contribution in [0.25, 0.3) is 0 Å². The third-order valence-corrected chi connectivity index (χ3v) is 3.22. The molecule has 0 aromatic heterocycles. The van der Waals surface area contributed by atoms with E-state index in [4.69, 9.17) is 19.9 Å². The quantitative estimate of drug-likeness (QED) is 0.701. The normalized spacial score (nSPS) is 28.9. The first-order chi connectivity index (χ1) is 7.71. The van der Waals surface area contributed by atoms with Crippen molar-refractivity contribution >= 4 is 5.97 Å². The molecule has 1 atom stereocenters. The zero-order valence-corrected chi connectivity index (χ0v) is 9.44. The Balaban J connectivity index is 1.77. The highest BCUT2D eigenvalue weighted by molar-refractivity contribution is 5.80. The van der Waals surface area contributed by atoms with Crippen LogP contribution >= 0.6 is 0 Å². The average Bonchev–Trinajstić information content (AvgIpc) is 2.79. The monoisotopic (exact) mass is 229 g/mol. The second kappa shape index (κ2) is 5.12. The third kappa shape index (κ3) is 2.72. The maximum absolute atomic E-state index is 11.8. The fourth-order valence-electron chi connectivity index (χ4n) is 2.03. The van der Waals surface area contributed by atoms with Crippen LogP contribution in [0.4, 0.5) is 0 Å². The molecule has 2 N–H and O–H groups in total. The van der Waals surface area contributed by atoms with Crippen LogP contribution < -0.4 is 5.73 Å². The molecular formula is C11H19NO4. The number of nitrogens with two attached hydrogens (primary N) is 1. The van der Waals surface area contributed by atoms with E-state index in [0.29, 0.717) is 32.7 Å². The van der Waals surface area contributed by atoms with Gasteiger partial charge in [-0.2, -0.15) is 0 Å². The number of esters is 1. The third-order valence-electron chi connectivity index (χ3n) is 3.22. The summed E-state index contributed by atoms with van der Waals surface area (Å²) in [4.78, 5) is 11.8. The van der Waals surface area contributed by atoms with Crippen molar-refractivity contribution in [3.63, 3.8) is 0 Å². The van der Waals surface area contributed by atoms with Crippen LogP contribution in [0.3, 0.4) is 0 Å². The van der Waals surface area contributed by atoms with Crippen LogP contribution in [0.2, 0.25) is 0 Å². The summed E-state index contributed by atoms with van der Waals surface area (Å²) >= 11 is 0. The SMILES string of the molecule is NC1(C(=O)OCC2CCCO2)CCOCC1. The first-order valence-corrected chi connectivity index (χ1v) is 5.86. The van der Waals surface area contributed by atoms with Crippen molar-refractivity contribution in [2.45, 2.75) is 37.3 Å². The van der Waals surface area contributed by atoms with Crippen molar-refractivity contribution in [2.24, 2.45) is 5.73 Å². The molecule has 92 valence electrons. The molecule has 0 saturated carbocycles. The van der Waals surface area contributed by atoms with Crippen molar-refractivity contribution in [1.29, 1.82) is 0 Å². The molecule has 16 heavy (non-hydrogen) atoms. The number of carbonyl (C=O) groups excluding carboxylic acids is 1. The van der Waals surface area contributed by atoms with Gasteiger partial charge in [0.15, 0.2) is 0 Å².